The average molecular weight is 272 g/mol. The molecule has 0 aliphatic rings. The van der Waals surface area contributed by atoms with Crippen LogP contribution in [0.2, 0.25) is 0 Å². The predicted molar refractivity (Wildman–Crippen MR) is 65.6 cm³/mol. The maximum Gasteiger partial charge on any atom is 0.0623 e. The van der Waals surface area contributed by atoms with Crippen LogP contribution < -0.4 is 0 Å². The maximum atomic E-state index is 9.96. The number of aliphatic hydroxyl groups excluding tert-OH is 1. The van der Waals surface area contributed by atoms with Gasteiger partial charge in [0.2, 0.25) is 0 Å². The molecule has 1 heterocycles. The van der Waals surface area contributed by atoms with Crippen molar-refractivity contribution in [1.82, 2.24) is 4.98 Å². The monoisotopic (exact) mass is 271 g/mol. The molecule has 1 aromatic rings. The Morgan fingerprint density at radius 2 is 2.00 bits per heavy atom. The number of halogens is 1. The molecule has 0 fully saturated rings. The molecule has 0 aliphatic heterocycles. The molecule has 0 saturated carbocycles. The molecule has 84 valence electrons. The van der Waals surface area contributed by atoms with Gasteiger partial charge in [0.15, 0.2) is 0 Å². The highest BCUT2D eigenvalue weighted by Gasteiger charge is 2.18. The van der Waals surface area contributed by atoms with Crippen molar-refractivity contribution in [2.24, 2.45) is 11.8 Å². The van der Waals surface area contributed by atoms with Crippen molar-refractivity contribution in [2.45, 2.75) is 33.3 Å². The van der Waals surface area contributed by atoms with Crippen molar-refractivity contribution in [3.63, 3.8) is 0 Å². The van der Waals surface area contributed by atoms with Gasteiger partial charge in [0.05, 0.1) is 6.10 Å². The van der Waals surface area contributed by atoms with E-state index in [4.69, 9.17) is 0 Å². The largest absolute Gasteiger partial charge is 0.392 e. The molecule has 0 bridgehead atoms. The lowest BCUT2D eigenvalue weighted by Gasteiger charge is -2.21. The molecule has 0 amide bonds. The zero-order valence-electron chi connectivity index (χ0n) is 9.44. The van der Waals surface area contributed by atoms with Crippen molar-refractivity contribution < 1.29 is 5.11 Å². The van der Waals surface area contributed by atoms with Gasteiger partial charge < -0.3 is 5.11 Å². The Bertz CT molecular complexity index is 297. The second-order valence-corrected chi connectivity index (χ2v) is 5.26. The van der Waals surface area contributed by atoms with Crippen LogP contribution in [-0.4, -0.2) is 16.2 Å². The molecule has 0 aromatic carbocycles. The third kappa shape index (κ3) is 3.92. The van der Waals surface area contributed by atoms with Crippen LogP contribution in [0.3, 0.4) is 0 Å². The maximum absolute atomic E-state index is 9.96. The van der Waals surface area contributed by atoms with Crippen molar-refractivity contribution in [3.05, 3.63) is 28.5 Å². The van der Waals surface area contributed by atoms with Gasteiger partial charge in [-0.1, -0.05) is 20.8 Å². The van der Waals surface area contributed by atoms with Gasteiger partial charge in [0, 0.05) is 22.8 Å². The first-order valence-corrected chi connectivity index (χ1v) is 6.08. The summed E-state index contributed by atoms with van der Waals surface area (Å²) in [5.74, 6) is 0.797. The van der Waals surface area contributed by atoms with E-state index in [-0.39, 0.29) is 6.10 Å². The number of nitrogens with zero attached hydrogens (tertiary/aromatic N) is 1. The molecule has 0 aliphatic carbocycles. The molecule has 1 rings (SSSR count). The van der Waals surface area contributed by atoms with E-state index >= 15 is 0 Å². The number of pyridine rings is 1. The first-order chi connectivity index (χ1) is 7.00. The molecule has 2 nitrogen and oxygen atoms in total. The molecule has 3 heteroatoms. The lowest BCUT2D eigenvalue weighted by atomic mass is 9.90. The van der Waals surface area contributed by atoms with Gasteiger partial charge in [-0.25, -0.2) is 0 Å². The molecule has 1 N–H and O–H groups in total. The first-order valence-electron chi connectivity index (χ1n) is 5.29. The van der Waals surface area contributed by atoms with E-state index in [0.29, 0.717) is 18.3 Å². The SMILES string of the molecule is CC(C)C(C)C(O)Cc1ccc(Br)cn1. The summed E-state index contributed by atoms with van der Waals surface area (Å²) in [7, 11) is 0. The fourth-order valence-corrected chi connectivity index (χ4v) is 1.61. The summed E-state index contributed by atoms with van der Waals surface area (Å²) in [5, 5.41) is 9.96. The summed E-state index contributed by atoms with van der Waals surface area (Å²) in [6.07, 6.45) is 2.09. The normalized spacial score (nSPS) is 15.3. The quantitative estimate of drug-likeness (QED) is 0.913. The highest BCUT2D eigenvalue weighted by atomic mass is 79.9. The zero-order chi connectivity index (χ0) is 11.4. The molecule has 0 saturated heterocycles. The summed E-state index contributed by atoms with van der Waals surface area (Å²) < 4.78 is 0.970. The van der Waals surface area contributed by atoms with Crippen molar-refractivity contribution in [1.29, 1.82) is 0 Å². The van der Waals surface area contributed by atoms with E-state index in [2.05, 4.69) is 41.7 Å². The van der Waals surface area contributed by atoms with E-state index in [1.165, 1.54) is 0 Å². The lowest BCUT2D eigenvalue weighted by molar-refractivity contribution is 0.0913. The van der Waals surface area contributed by atoms with E-state index in [1.807, 2.05) is 12.1 Å². The van der Waals surface area contributed by atoms with Gasteiger partial charge in [-0.05, 0) is 39.9 Å². The van der Waals surface area contributed by atoms with Crippen LogP contribution in [0.1, 0.15) is 26.5 Å². The molecular formula is C12H18BrNO. The number of hydrogen-bond donors (Lipinski definition) is 1. The van der Waals surface area contributed by atoms with Gasteiger partial charge in [-0.2, -0.15) is 0 Å². The predicted octanol–water partition coefficient (Wildman–Crippen LogP) is 3.04. The van der Waals surface area contributed by atoms with E-state index in [0.717, 1.165) is 10.2 Å². The fraction of sp³-hybridized carbons (Fsp3) is 0.583. The van der Waals surface area contributed by atoms with Gasteiger partial charge in [0.25, 0.3) is 0 Å². The fourth-order valence-electron chi connectivity index (χ4n) is 1.37. The smallest absolute Gasteiger partial charge is 0.0623 e. The lowest BCUT2D eigenvalue weighted by Crippen LogP contribution is -2.24. The summed E-state index contributed by atoms with van der Waals surface area (Å²) in [4.78, 5) is 4.25. The Morgan fingerprint density at radius 1 is 1.33 bits per heavy atom. The number of rotatable bonds is 4. The highest BCUT2D eigenvalue weighted by Crippen LogP contribution is 2.18. The molecule has 0 spiro atoms. The minimum Gasteiger partial charge on any atom is -0.392 e. The minimum atomic E-state index is -0.307. The second-order valence-electron chi connectivity index (χ2n) is 4.34. The Labute approximate surface area is 99.9 Å². The third-order valence-corrected chi connectivity index (χ3v) is 3.33. The average Bonchev–Trinajstić information content (AvgIpc) is 2.20. The molecule has 0 radical (unpaired) electrons. The number of aromatic nitrogens is 1. The standard InChI is InChI=1S/C12H18BrNO/c1-8(2)9(3)12(15)6-11-5-4-10(13)7-14-11/h4-5,7-9,12,15H,6H2,1-3H3. The summed E-state index contributed by atoms with van der Waals surface area (Å²) in [5.41, 5.74) is 0.943. The number of aliphatic hydroxyl groups is 1. The van der Waals surface area contributed by atoms with Crippen LogP contribution in [0.15, 0.2) is 22.8 Å². The summed E-state index contributed by atoms with van der Waals surface area (Å²) in [6.45, 7) is 6.33. The van der Waals surface area contributed by atoms with Crippen LogP contribution >= 0.6 is 15.9 Å². The van der Waals surface area contributed by atoms with Crippen LogP contribution in [0.4, 0.5) is 0 Å². The van der Waals surface area contributed by atoms with Gasteiger partial charge in [-0.15, -0.1) is 0 Å². The molecule has 1 aromatic heterocycles. The minimum absolute atomic E-state index is 0.301. The third-order valence-electron chi connectivity index (χ3n) is 2.87. The Balaban J connectivity index is 2.58. The van der Waals surface area contributed by atoms with Crippen molar-refractivity contribution in [3.8, 4) is 0 Å². The van der Waals surface area contributed by atoms with Crippen molar-refractivity contribution in [2.75, 3.05) is 0 Å². The van der Waals surface area contributed by atoms with Crippen LogP contribution in [0, 0.1) is 11.8 Å². The van der Waals surface area contributed by atoms with Gasteiger partial charge in [0.1, 0.15) is 0 Å². The zero-order valence-corrected chi connectivity index (χ0v) is 11.0. The number of hydrogen-bond acceptors (Lipinski definition) is 2. The topological polar surface area (TPSA) is 33.1 Å². The Morgan fingerprint density at radius 3 is 2.47 bits per heavy atom. The van der Waals surface area contributed by atoms with Crippen molar-refractivity contribution >= 4 is 15.9 Å². The summed E-state index contributed by atoms with van der Waals surface area (Å²) in [6, 6.07) is 3.90. The van der Waals surface area contributed by atoms with E-state index in [9.17, 15) is 5.11 Å². The van der Waals surface area contributed by atoms with Crippen LogP contribution in [0.5, 0.6) is 0 Å². The molecule has 2 atom stereocenters. The van der Waals surface area contributed by atoms with E-state index < -0.39 is 0 Å². The molecule has 2 unspecified atom stereocenters. The second kappa shape index (κ2) is 5.61. The molecular weight excluding hydrogens is 254 g/mol. The van der Waals surface area contributed by atoms with Crippen LogP contribution in [0.25, 0.3) is 0 Å². The Hall–Kier alpha value is -0.410. The van der Waals surface area contributed by atoms with Crippen LogP contribution in [-0.2, 0) is 6.42 Å². The first kappa shape index (κ1) is 12.7. The van der Waals surface area contributed by atoms with Gasteiger partial charge in [-0.3, -0.25) is 4.98 Å². The summed E-state index contributed by atoms with van der Waals surface area (Å²) >= 11 is 3.34. The molecule has 15 heavy (non-hydrogen) atoms. The highest BCUT2D eigenvalue weighted by molar-refractivity contribution is 9.10. The van der Waals surface area contributed by atoms with Gasteiger partial charge >= 0.3 is 0 Å². The Kier molecular flexibility index (Phi) is 4.74. The van der Waals surface area contributed by atoms with E-state index in [1.54, 1.807) is 6.20 Å².